The van der Waals surface area contributed by atoms with Crippen LogP contribution in [-0.2, 0) is 0 Å². The molecule has 4 heteroatoms. The van der Waals surface area contributed by atoms with E-state index in [-0.39, 0.29) is 10.7 Å². The van der Waals surface area contributed by atoms with E-state index in [1.54, 1.807) is 0 Å². The van der Waals surface area contributed by atoms with Crippen LogP contribution in [0.1, 0.15) is 41.3 Å². The van der Waals surface area contributed by atoms with Gasteiger partial charge in [-0.15, -0.1) is 0 Å². The molecule has 0 spiro atoms. The highest BCUT2D eigenvalue weighted by atomic mass is 32.2. The molecular formula is C17H22N2OS. The number of benzene rings is 1. The number of nitrogens with one attached hydrogen (secondary N) is 1. The first-order valence-corrected chi connectivity index (χ1v) is 8.24. The highest BCUT2D eigenvalue weighted by Crippen LogP contribution is 2.36. The second kappa shape index (κ2) is 7.02. The van der Waals surface area contributed by atoms with Gasteiger partial charge in [-0.3, -0.25) is 4.79 Å². The SMILES string of the molecule is Cc1cc(C#CCN)cc(C(=O)NCC2(C)CCCS2)c1. The van der Waals surface area contributed by atoms with Crippen molar-refractivity contribution < 1.29 is 4.79 Å². The maximum absolute atomic E-state index is 12.3. The number of aryl methyl sites for hydroxylation is 1. The molecule has 1 unspecified atom stereocenters. The second-order valence-corrected chi connectivity index (χ2v) is 7.36. The molecule has 1 aliphatic rings. The lowest BCUT2D eigenvalue weighted by Crippen LogP contribution is -2.36. The highest BCUT2D eigenvalue weighted by molar-refractivity contribution is 8.00. The molecule has 0 radical (unpaired) electrons. The van der Waals surface area contributed by atoms with E-state index in [1.807, 2.05) is 36.9 Å². The minimum atomic E-state index is -0.0248. The van der Waals surface area contributed by atoms with Crippen LogP contribution < -0.4 is 11.1 Å². The Bertz CT molecular complexity index is 580. The molecule has 1 atom stereocenters. The molecule has 1 aliphatic heterocycles. The third kappa shape index (κ3) is 4.52. The van der Waals surface area contributed by atoms with Gasteiger partial charge in [-0.2, -0.15) is 11.8 Å². The summed E-state index contributed by atoms with van der Waals surface area (Å²) in [6, 6.07) is 5.69. The molecule has 1 saturated heterocycles. The molecule has 3 N–H and O–H groups in total. The van der Waals surface area contributed by atoms with Gasteiger partial charge >= 0.3 is 0 Å². The standard InChI is InChI=1S/C17H22N2OS/c1-13-9-14(5-3-7-18)11-15(10-13)16(20)19-12-17(2)6-4-8-21-17/h9-11H,4,6-8,12,18H2,1-2H3,(H,19,20). The molecule has 1 aromatic carbocycles. The largest absolute Gasteiger partial charge is 0.351 e. The summed E-state index contributed by atoms with van der Waals surface area (Å²) < 4.78 is 0.182. The molecule has 112 valence electrons. The van der Waals surface area contributed by atoms with Crippen LogP contribution in [0.15, 0.2) is 18.2 Å². The van der Waals surface area contributed by atoms with Crippen LogP contribution in [-0.4, -0.2) is 29.5 Å². The van der Waals surface area contributed by atoms with Crippen molar-refractivity contribution in [2.24, 2.45) is 5.73 Å². The third-order valence-corrected chi connectivity index (χ3v) is 5.14. The van der Waals surface area contributed by atoms with Crippen molar-refractivity contribution in [1.82, 2.24) is 5.32 Å². The number of rotatable bonds is 3. The maximum atomic E-state index is 12.3. The number of amides is 1. The first-order chi connectivity index (χ1) is 10.0. The Hall–Kier alpha value is -1.44. The van der Waals surface area contributed by atoms with E-state index >= 15 is 0 Å². The number of hydrogen-bond donors (Lipinski definition) is 2. The Morgan fingerprint density at radius 2 is 2.29 bits per heavy atom. The summed E-state index contributed by atoms with van der Waals surface area (Å²) in [6.07, 6.45) is 2.40. The molecule has 0 aromatic heterocycles. The Labute approximate surface area is 131 Å². The first-order valence-electron chi connectivity index (χ1n) is 7.25. The van der Waals surface area contributed by atoms with Crippen LogP contribution in [0.4, 0.5) is 0 Å². The lowest BCUT2D eigenvalue weighted by Gasteiger charge is -2.22. The van der Waals surface area contributed by atoms with Crippen LogP contribution in [0.2, 0.25) is 0 Å². The fraction of sp³-hybridized carbons (Fsp3) is 0.471. The summed E-state index contributed by atoms with van der Waals surface area (Å²) in [7, 11) is 0. The average molecular weight is 302 g/mol. The minimum absolute atomic E-state index is 0.0248. The summed E-state index contributed by atoms with van der Waals surface area (Å²) >= 11 is 1.95. The van der Waals surface area contributed by atoms with Gasteiger partial charge in [-0.25, -0.2) is 0 Å². The average Bonchev–Trinajstić information content (AvgIpc) is 2.89. The number of thioether (sulfide) groups is 1. The van der Waals surface area contributed by atoms with E-state index in [0.29, 0.717) is 18.7 Å². The van der Waals surface area contributed by atoms with E-state index < -0.39 is 0 Å². The summed E-state index contributed by atoms with van der Waals surface area (Å²) in [6.45, 7) is 5.23. The Morgan fingerprint density at radius 1 is 1.48 bits per heavy atom. The highest BCUT2D eigenvalue weighted by Gasteiger charge is 2.29. The van der Waals surface area contributed by atoms with Gasteiger partial charge < -0.3 is 11.1 Å². The van der Waals surface area contributed by atoms with Gasteiger partial charge in [0.15, 0.2) is 0 Å². The molecule has 1 heterocycles. The predicted molar refractivity (Wildman–Crippen MR) is 89.5 cm³/mol. The summed E-state index contributed by atoms with van der Waals surface area (Å²) in [5.74, 6) is 6.97. The topological polar surface area (TPSA) is 55.1 Å². The minimum Gasteiger partial charge on any atom is -0.351 e. The lowest BCUT2D eigenvalue weighted by atomic mass is 10.0. The fourth-order valence-electron chi connectivity index (χ4n) is 2.49. The van der Waals surface area contributed by atoms with Crippen molar-refractivity contribution in [2.75, 3.05) is 18.8 Å². The molecule has 1 amide bonds. The Balaban J connectivity index is 2.06. The van der Waals surface area contributed by atoms with Gasteiger partial charge in [0, 0.05) is 22.4 Å². The number of hydrogen-bond acceptors (Lipinski definition) is 3. The zero-order valence-corrected chi connectivity index (χ0v) is 13.5. The van der Waals surface area contributed by atoms with Gasteiger partial charge in [0.1, 0.15) is 0 Å². The molecule has 21 heavy (non-hydrogen) atoms. The smallest absolute Gasteiger partial charge is 0.251 e. The molecule has 3 nitrogen and oxygen atoms in total. The molecule has 1 aromatic rings. The normalized spacial score (nSPS) is 20.7. The van der Waals surface area contributed by atoms with Gasteiger partial charge in [0.2, 0.25) is 0 Å². The molecule has 2 rings (SSSR count). The molecule has 0 aliphatic carbocycles. The van der Waals surface area contributed by atoms with Crippen molar-refractivity contribution >= 4 is 17.7 Å². The Kier molecular flexibility index (Phi) is 5.33. The fourth-order valence-corrected chi connectivity index (χ4v) is 3.73. The van der Waals surface area contributed by atoms with Crippen LogP contribution >= 0.6 is 11.8 Å². The summed E-state index contributed by atoms with van der Waals surface area (Å²) in [4.78, 5) is 12.3. The molecular weight excluding hydrogens is 280 g/mol. The quantitative estimate of drug-likeness (QED) is 0.843. The van der Waals surface area contributed by atoms with E-state index in [4.69, 9.17) is 5.73 Å². The van der Waals surface area contributed by atoms with Gasteiger partial charge in [0.05, 0.1) is 6.54 Å². The van der Waals surface area contributed by atoms with Crippen molar-refractivity contribution in [3.05, 3.63) is 34.9 Å². The van der Waals surface area contributed by atoms with Gasteiger partial charge in [0.25, 0.3) is 5.91 Å². The van der Waals surface area contributed by atoms with E-state index in [2.05, 4.69) is 24.1 Å². The molecule has 0 bridgehead atoms. The Morgan fingerprint density at radius 3 is 2.95 bits per heavy atom. The zero-order chi connectivity index (χ0) is 15.3. The van der Waals surface area contributed by atoms with Gasteiger partial charge in [-0.05, 0) is 56.2 Å². The van der Waals surface area contributed by atoms with E-state index in [1.165, 1.54) is 18.6 Å². The van der Waals surface area contributed by atoms with Gasteiger partial charge in [-0.1, -0.05) is 11.8 Å². The van der Waals surface area contributed by atoms with Crippen LogP contribution in [0.3, 0.4) is 0 Å². The van der Waals surface area contributed by atoms with Crippen molar-refractivity contribution in [3.8, 4) is 11.8 Å². The van der Waals surface area contributed by atoms with E-state index in [9.17, 15) is 4.79 Å². The van der Waals surface area contributed by atoms with Crippen molar-refractivity contribution in [3.63, 3.8) is 0 Å². The first kappa shape index (κ1) is 15.9. The molecule has 0 saturated carbocycles. The maximum Gasteiger partial charge on any atom is 0.251 e. The lowest BCUT2D eigenvalue weighted by molar-refractivity contribution is 0.0950. The van der Waals surface area contributed by atoms with Crippen LogP contribution in [0.5, 0.6) is 0 Å². The van der Waals surface area contributed by atoms with E-state index in [0.717, 1.165) is 11.1 Å². The molecule has 1 fully saturated rings. The van der Waals surface area contributed by atoms with Crippen LogP contribution in [0, 0.1) is 18.8 Å². The zero-order valence-electron chi connectivity index (χ0n) is 12.7. The summed E-state index contributed by atoms with van der Waals surface area (Å²) in [5, 5.41) is 3.06. The number of nitrogens with two attached hydrogens (primary N) is 1. The summed E-state index contributed by atoms with van der Waals surface area (Å²) in [5.41, 5.74) is 7.93. The second-order valence-electron chi connectivity index (χ2n) is 5.68. The predicted octanol–water partition coefficient (Wildman–Crippen LogP) is 2.32. The number of carbonyl (C=O) groups excluding carboxylic acids is 1. The number of carbonyl (C=O) groups is 1. The monoisotopic (exact) mass is 302 g/mol. The third-order valence-electron chi connectivity index (χ3n) is 3.60. The van der Waals surface area contributed by atoms with Crippen molar-refractivity contribution in [1.29, 1.82) is 0 Å². The van der Waals surface area contributed by atoms with Crippen LogP contribution in [0.25, 0.3) is 0 Å². The van der Waals surface area contributed by atoms with Crippen molar-refractivity contribution in [2.45, 2.75) is 31.4 Å².